The molecule has 0 saturated heterocycles. The van der Waals surface area contributed by atoms with Crippen molar-refractivity contribution < 1.29 is 13.2 Å². The van der Waals surface area contributed by atoms with Crippen LogP contribution in [0.5, 0.6) is 0 Å². The fourth-order valence-electron chi connectivity index (χ4n) is 1.19. The first kappa shape index (κ1) is 11.9. The topological polar surface area (TPSA) is 12.9 Å². The zero-order valence-electron chi connectivity index (χ0n) is 7.93. The standard InChI is InChI=1S/C9H5ClF3NS2/c1-4-7(9(11,12)13)14-8(15-4)5-2-3-6(10)16-5/h2-3H,1H3. The third-order valence-corrected chi connectivity index (χ3v) is 4.22. The predicted octanol–water partition coefficient (Wildman–Crippen LogP) is 4.85. The van der Waals surface area contributed by atoms with Crippen LogP contribution >= 0.6 is 34.3 Å². The maximum absolute atomic E-state index is 12.5. The summed E-state index contributed by atoms with van der Waals surface area (Å²) in [4.78, 5) is 4.44. The van der Waals surface area contributed by atoms with Crippen molar-refractivity contribution >= 4 is 34.3 Å². The molecule has 2 aromatic heterocycles. The number of hydrogen-bond acceptors (Lipinski definition) is 3. The molecule has 0 aliphatic rings. The van der Waals surface area contributed by atoms with Gasteiger partial charge in [-0.2, -0.15) is 13.2 Å². The van der Waals surface area contributed by atoms with E-state index in [2.05, 4.69) is 4.98 Å². The van der Waals surface area contributed by atoms with Crippen LogP contribution in [0.4, 0.5) is 13.2 Å². The van der Waals surface area contributed by atoms with Gasteiger partial charge in [0.25, 0.3) is 0 Å². The molecule has 0 unspecified atom stereocenters. The third-order valence-electron chi connectivity index (χ3n) is 1.85. The summed E-state index contributed by atoms with van der Waals surface area (Å²) in [5, 5.41) is 0.363. The molecule has 0 radical (unpaired) electrons. The molecule has 0 atom stereocenters. The highest BCUT2D eigenvalue weighted by molar-refractivity contribution is 7.23. The lowest BCUT2D eigenvalue weighted by atomic mass is 10.4. The molecule has 0 fully saturated rings. The van der Waals surface area contributed by atoms with Crippen LogP contribution in [0.15, 0.2) is 12.1 Å². The van der Waals surface area contributed by atoms with E-state index < -0.39 is 11.9 Å². The number of aromatic nitrogens is 1. The van der Waals surface area contributed by atoms with Crippen LogP contribution in [0.1, 0.15) is 10.6 Å². The Morgan fingerprint density at radius 1 is 1.25 bits per heavy atom. The summed E-state index contributed by atoms with van der Waals surface area (Å²) >= 11 is 7.97. The summed E-state index contributed by atoms with van der Waals surface area (Å²) in [7, 11) is 0. The minimum atomic E-state index is -4.39. The highest BCUT2D eigenvalue weighted by Gasteiger charge is 2.36. The molecule has 0 aliphatic carbocycles. The van der Waals surface area contributed by atoms with Gasteiger partial charge in [0.05, 0.1) is 9.21 Å². The summed E-state index contributed by atoms with van der Waals surface area (Å²) in [6.45, 7) is 1.42. The minimum absolute atomic E-state index is 0.173. The van der Waals surface area contributed by atoms with Crippen LogP contribution in [-0.2, 0) is 6.18 Å². The van der Waals surface area contributed by atoms with Crippen molar-refractivity contribution in [3.05, 3.63) is 27.0 Å². The van der Waals surface area contributed by atoms with Crippen LogP contribution in [-0.4, -0.2) is 4.98 Å². The number of nitrogens with zero attached hydrogens (tertiary/aromatic N) is 1. The van der Waals surface area contributed by atoms with Crippen LogP contribution in [0, 0.1) is 6.92 Å². The van der Waals surface area contributed by atoms with Gasteiger partial charge in [0, 0.05) is 4.88 Å². The number of aryl methyl sites for hydroxylation is 1. The Morgan fingerprint density at radius 2 is 1.94 bits per heavy atom. The molecule has 0 aromatic carbocycles. The number of halogens is 4. The summed E-state index contributed by atoms with van der Waals surface area (Å²) in [6, 6.07) is 3.32. The average molecular weight is 284 g/mol. The Kier molecular flexibility index (Phi) is 2.98. The second-order valence-electron chi connectivity index (χ2n) is 3.03. The van der Waals surface area contributed by atoms with Crippen LogP contribution in [0.2, 0.25) is 4.34 Å². The van der Waals surface area contributed by atoms with E-state index in [0.717, 1.165) is 11.3 Å². The van der Waals surface area contributed by atoms with Gasteiger partial charge in [-0.25, -0.2) is 4.98 Å². The SMILES string of the molecule is Cc1sc(-c2ccc(Cl)s2)nc1C(F)(F)F. The Balaban J connectivity index is 2.46. The lowest BCUT2D eigenvalue weighted by Gasteiger charge is -2.01. The van der Waals surface area contributed by atoms with Gasteiger partial charge < -0.3 is 0 Å². The van der Waals surface area contributed by atoms with Gasteiger partial charge in [-0.1, -0.05) is 11.6 Å². The van der Waals surface area contributed by atoms with Gasteiger partial charge in [0.1, 0.15) is 5.01 Å². The number of rotatable bonds is 1. The molecule has 2 rings (SSSR count). The molecule has 0 spiro atoms. The maximum Gasteiger partial charge on any atom is 0.434 e. The van der Waals surface area contributed by atoms with Crippen LogP contribution in [0.25, 0.3) is 9.88 Å². The van der Waals surface area contributed by atoms with Gasteiger partial charge in [-0.05, 0) is 19.1 Å². The van der Waals surface area contributed by atoms with Gasteiger partial charge in [0.15, 0.2) is 5.69 Å². The maximum atomic E-state index is 12.5. The first-order valence-corrected chi connectivity index (χ1v) is 6.19. The van der Waals surface area contributed by atoms with Crippen LogP contribution < -0.4 is 0 Å². The highest BCUT2D eigenvalue weighted by Crippen LogP contribution is 2.39. The van der Waals surface area contributed by atoms with Crippen molar-refractivity contribution in [2.75, 3.05) is 0 Å². The lowest BCUT2D eigenvalue weighted by Crippen LogP contribution is -2.06. The van der Waals surface area contributed by atoms with E-state index in [9.17, 15) is 13.2 Å². The summed E-state index contributed by atoms with van der Waals surface area (Å²) in [6.07, 6.45) is -4.39. The molecule has 0 saturated carbocycles. The molecule has 0 aliphatic heterocycles. The van der Waals surface area contributed by atoms with Crippen molar-refractivity contribution in [1.82, 2.24) is 4.98 Å². The van der Waals surface area contributed by atoms with Gasteiger partial charge >= 0.3 is 6.18 Å². The molecule has 86 valence electrons. The summed E-state index contributed by atoms with van der Waals surface area (Å²) in [5.74, 6) is 0. The molecule has 2 aromatic rings. The van der Waals surface area contributed by atoms with Crippen molar-refractivity contribution in [3.63, 3.8) is 0 Å². The van der Waals surface area contributed by atoms with E-state index in [-0.39, 0.29) is 4.88 Å². The van der Waals surface area contributed by atoms with Crippen molar-refractivity contribution in [1.29, 1.82) is 0 Å². The smallest absolute Gasteiger partial charge is 0.230 e. The molecule has 0 amide bonds. The fraction of sp³-hybridized carbons (Fsp3) is 0.222. The first-order chi connectivity index (χ1) is 7.38. The van der Waals surface area contributed by atoms with Crippen LogP contribution in [0.3, 0.4) is 0 Å². The number of hydrogen-bond donors (Lipinski definition) is 0. The Morgan fingerprint density at radius 3 is 2.38 bits per heavy atom. The molecule has 1 nitrogen and oxygen atoms in total. The largest absolute Gasteiger partial charge is 0.434 e. The van der Waals surface area contributed by atoms with Gasteiger partial charge in [-0.15, -0.1) is 22.7 Å². The van der Waals surface area contributed by atoms with E-state index in [4.69, 9.17) is 11.6 Å². The zero-order chi connectivity index (χ0) is 11.9. The van der Waals surface area contributed by atoms with Crippen molar-refractivity contribution in [2.45, 2.75) is 13.1 Å². The molecule has 0 N–H and O–H groups in total. The predicted molar refractivity (Wildman–Crippen MR) is 60.2 cm³/mol. The number of alkyl halides is 3. The minimum Gasteiger partial charge on any atom is -0.230 e. The second kappa shape index (κ2) is 4.01. The first-order valence-electron chi connectivity index (χ1n) is 4.18. The van der Waals surface area contributed by atoms with E-state index >= 15 is 0 Å². The molecule has 16 heavy (non-hydrogen) atoms. The summed E-state index contributed by atoms with van der Waals surface area (Å²) in [5.41, 5.74) is -0.808. The van der Waals surface area contributed by atoms with E-state index in [1.54, 1.807) is 12.1 Å². The molecular weight excluding hydrogens is 279 g/mol. The highest BCUT2D eigenvalue weighted by atomic mass is 35.5. The Bertz CT molecular complexity index is 515. The van der Waals surface area contributed by atoms with Gasteiger partial charge in [-0.3, -0.25) is 0 Å². The van der Waals surface area contributed by atoms with Crippen molar-refractivity contribution in [2.24, 2.45) is 0 Å². The van der Waals surface area contributed by atoms with E-state index in [0.29, 0.717) is 14.2 Å². The van der Waals surface area contributed by atoms with Crippen molar-refractivity contribution in [3.8, 4) is 9.88 Å². The molecular formula is C9H5ClF3NS2. The normalized spacial score (nSPS) is 12.1. The summed E-state index contributed by atoms with van der Waals surface area (Å²) < 4.78 is 38.1. The van der Waals surface area contributed by atoms with Gasteiger partial charge in [0.2, 0.25) is 0 Å². The average Bonchev–Trinajstić information content (AvgIpc) is 2.70. The Hall–Kier alpha value is -0.590. The molecule has 0 bridgehead atoms. The third kappa shape index (κ3) is 2.23. The fourth-order valence-corrected chi connectivity index (χ4v) is 3.23. The van der Waals surface area contributed by atoms with E-state index in [1.165, 1.54) is 18.3 Å². The Labute approximate surface area is 103 Å². The quantitative estimate of drug-likeness (QED) is 0.729. The number of thiophene rings is 1. The monoisotopic (exact) mass is 283 g/mol. The number of thiazole rings is 1. The lowest BCUT2D eigenvalue weighted by molar-refractivity contribution is -0.141. The second-order valence-corrected chi connectivity index (χ2v) is 5.94. The molecule has 7 heteroatoms. The zero-order valence-corrected chi connectivity index (χ0v) is 10.3. The molecule has 2 heterocycles. The van der Waals surface area contributed by atoms with E-state index in [1.807, 2.05) is 0 Å².